The Labute approximate surface area is 77.3 Å². The Kier molecular flexibility index (Phi) is 2.58. The van der Waals surface area contributed by atoms with Crippen LogP contribution in [0, 0.1) is 6.92 Å². The maximum Gasteiger partial charge on any atom is 0.243 e. The molecule has 0 aliphatic heterocycles. The highest BCUT2D eigenvalue weighted by Gasteiger charge is 2.15. The van der Waals surface area contributed by atoms with Gasteiger partial charge in [0, 0.05) is 0 Å². The first-order valence-corrected chi connectivity index (χ1v) is 5.19. The summed E-state index contributed by atoms with van der Waals surface area (Å²) in [7, 11) is -2.25. The third-order valence-electron chi connectivity index (χ3n) is 1.67. The van der Waals surface area contributed by atoms with Crippen LogP contribution in [0.4, 0.5) is 0 Å². The highest BCUT2D eigenvalue weighted by Crippen LogP contribution is 2.22. The molecule has 0 aliphatic rings. The van der Waals surface area contributed by atoms with Gasteiger partial charge in [-0.15, -0.1) is 0 Å². The van der Waals surface area contributed by atoms with E-state index in [-0.39, 0.29) is 10.6 Å². The number of hydrogen-bond acceptors (Lipinski definition) is 3. The Hall–Kier alpha value is -1.07. The summed E-state index contributed by atoms with van der Waals surface area (Å²) in [5, 5.41) is 9.28. The van der Waals surface area contributed by atoms with Crippen molar-refractivity contribution < 1.29 is 13.5 Å². The Morgan fingerprint density at radius 2 is 2.00 bits per heavy atom. The predicted molar refractivity (Wildman–Crippen MR) is 49.1 cm³/mol. The summed E-state index contributed by atoms with van der Waals surface area (Å²) in [4.78, 5) is -0.0880. The largest absolute Gasteiger partial charge is 0.507 e. The summed E-state index contributed by atoms with van der Waals surface area (Å²) in [6.45, 7) is 1.76. The van der Waals surface area contributed by atoms with E-state index in [1.807, 2.05) is 0 Å². The predicted octanol–water partition coefficient (Wildman–Crippen LogP) is 0.609. The molecule has 4 nitrogen and oxygen atoms in total. The lowest BCUT2D eigenvalue weighted by atomic mass is 10.2. The molecule has 1 aromatic rings. The lowest BCUT2D eigenvalue weighted by molar-refractivity contribution is 0.458. The van der Waals surface area contributed by atoms with Crippen LogP contribution >= 0.6 is 0 Å². The molecule has 0 aromatic heterocycles. The average Bonchev–Trinajstić information content (AvgIpc) is 2.09. The van der Waals surface area contributed by atoms with E-state index in [9.17, 15) is 13.5 Å². The van der Waals surface area contributed by atoms with Crippen LogP contribution in [-0.2, 0) is 10.0 Å². The van der Waals surface area contributed by atoms with E-state index >= 15 is 0 Å². The Bertz CT molecular complexity index is 411. The Balaban J connectivity index is 3.38. The second-order valence-corrected chi connectivity index (χ2v) is 4.53. The number of rotatable bonds is 2. The first-order valence-electron chi connectivity index (χ1n) is 3.70. The zero-order valence-corrected chi connectivity index (χ0v) is 8.22. The standard InChI is InChI=1S/C8H11NO3S/c1-6-3-4-7(10)8(5-6)13(11,12)9-2/h3-5,9-10H,1-2H3. The molecular formula is C8H11NO3S. The first-order chi connectivity index (χ1) is 5.97. The van der Waals surface area contributed by atoms with Crippen molar-refractivity contribution in [3.63, 3.8) is 0 Å². The van der Waals surface area contributed by atoms with Gasteiger partial charge in [-0.25, -0.2) is 13.1 Å². The Morgan fingerprint density at radius 3 is 2.54 bits per heavy atom. The highest BCUT2D eigenvalue weighted by molar-refractivity contribution is 7.89. The summed E-state index contributed by atoms with van der Waals surface area (Å²) in [5.74, 6) is -0.236. The SMILES string of the molecule is CNS(=O)(=O)c1cc(C)ccc1O. The van der Waals surface area contributed by atoms with Crippen molar-refractivity contribution in [3.05, 3.63) is 23.8 Å². The topological polar surface area (TPSA) is 66.4 Å². The summed E-state index contributed by atoms with van der Waals surface area (Å²) in [5.41, 5.74) is 0.784. The first kappa shape index (κ1) is 10.0. The van der Waals surface area contributed by atoms with Gasteiger partial charge < -0.3 is 5.11 Å². The van der Waals surface area contributed by atoms with Crippen molar-refractivity contribution in [2.45, 2.75) is 11.8 Å². The van der Waals surface area contributed by atoms with Crippen LogP contribution in [0.2, 0.25) is 0 Å². The van der Waals surface area contributed by atoms with Crippen LogP contribution in [0.15, 0.2) is 23.1 Å². The molecule has 0 heterocycles. The van der Waals surface area contributed by atoms with Crippen LogP contribution in [-0.4, -0.2) is 20.6 Å². The summed E-state index contributed by atoms with van der Waals surface area (Å²) >= 11 is 0. The van der Waals surface area contributed by atoms with Crippen LogP contribution in [0.5, 0.6) is 5.75 Å². The molecular weight excluding hydrogens is 190 g/mol. The molecule has 2 N–H and O–H groups in total. The molecule has 72 valence electrons. The molecule has 0 fully saturated rings. The smallest absolute Gasteiger partial charge is 0.243 e. The lowest BCUT2D eigenvalue weighted by Gasteiger charge is -2.05. The van der Waals surface area contributed by atoms with Gasteiger partial charge in [0.2, 0.25) is 10.0 Å². The van der Waals surface area contributed by atoms with E-state index in [0.29, 0.717) is 0 Å². The monoisotopic (exact) mass is 201 g/mol. The molecule has 1 aromatic carbocycles. The molecule has 5 heteroatoms. The van der Waals surface area contributed by atoms with Crippen LogP contribution in [0.3, 0.4) is 0 Å². The maximum atomic E-state index is 11.3. The number of benzene rings is 1. The van der Waals surface area contributed by atoms with E-state index in [0.717, 1.165) is 5.56 Å². The fourth-order valence-electron chi connectivity index (χ4n) is 0.947. The third kappa shape index (κ3) is 1.99. The van der Waals surface area contributed by atoms with Gasteiger partial charge in [-0.2, -0.15) is 0 Å². The van der Waals surface area contributed by atoms with E-state index in [4.69, 9.17) is 0 Å². The van der Waals surface area contributed by atoms with Gasteiger partial charge in [0.1, 0.15) is 10.6 Å². The van der Waals surface area contributed by atoms with Gasteiger partial charge in [0.25, 0.3) is 0 Å². The number of hydrogen-bond donors (Lipinski definition) is 2. The van der Waals surface area contributed by atoms with Crippen LogP contribution in [0.1, 0.15) is 5.56 Å². The number of phenolic OH excluding ortho intramolecular Hbond substituents is 1. The molecule has 0 atom stereocenters. The number of phenols is 1. The van der Waals surface area contributed by atoms with Crippen molar-refractivity contribution in [2.75, 3.05) is 7.05 Å². The number of sulfonamides is 1. The number of nitrogens with one attached hydrogen (secondary N) is 1. The highest BCUT2D eigenvalue weighted by atomic mass is 32.2. The normalized spacial score (nSPS) is 11.5. The molecule has 0 aliphatic carbocycles. The van der Waals surface area contributed by atoms with Crippen molar-refractivity contribution in [1.29, 1.82) is 0 Å². The zero-order chi connectivity index (χ0) is 10.1. The lowest BCUT2D eigenvalue weighted by Crippen LogP contribution is -2.18. The van der Waals surface area contributed by atoms with Crippen molar-refractivity contribution in [1.82, 2.24) is 4.72 Å². The molecule has 0 amide bonds. The zero-order valence-electron chi connectivity index (χ0n) is 7.40. The van der Waals surface area contributed by atoms with E-state index < -0.39 is 10.0 Å². The van der Waals surface area contributed by atoms with Gasteiger partial charge in [0.05, 0.1) is 0 Å². The summed E-state index contributed by atoms with van der Waals surface area (Å²) in [6, 6.07) is 4.42. The molecule has 0 radical (unpaired) electrons. The van der Waals surface area contributed by atoms with E-state index in [1.54, 1.807) is 13.0 Å². The van der Waals surface area contributed by atoms with Crippen molar-refractivity contribution in [2.24, 2.45) is 0 Å². The molecule has 13 heavy (non-hydrogen) atoms. The third-order valence-corrected chi connectivity index (χ3v) is 3.12. The Morgan fingerprint density at radius 1 is 1.38 bits per heavy atom. The molecule has 0 saturated heterocycles. The van der Waals surface area contributed by atoms with Crippen molar-refractivity contribution >= 4 is 10.0 Å². The number of aromatic hydroxyl groups is 1. The van der Waals surface area contributed by atoms with E-state index in [2.05, 4.69) is 4.72 Å². The van der Waals surface area contributed by atoms with Gasteiger partial charge in [-0.05, 0) is 31.7 Å². The molecule has 0 unspecified atom stereocenters. The second kappa shape index (κ2) is 3.35. The molecule has 0 saturated carbocycles. The minimum atomic E-state index is -3.55. The van der Waals surface area contributed by atoms with Crippen LogP contribution < -0.4 is 4.72 Å². The maximum absolute atomic E-state index is 11.3. The van der Waals surface area contributed by atoms with Crippen molar-refractivity contribution in [3.8, 4) is 5.75 Å². The fraction of sp³-hybridized carbons (Fsp3) is 0.250. The van der Waals surface area contributed by atoms with E-state index in [1.165, 1.54) is 19.2 Å². The number of aryl methyl sites for hydroxylation is 1. The van der Waals surface area contributed by atoms with Gasteiger partial charge >= 0.3 is 0 Å². The quantitative estimate of drug-likeness (QED) is 0.736. The molecule has 0 spiro atoms. The van der Waals surface area contributed by atoms with Gasteiger partial charge in [-0.3, -0.25) is 0 Å². The molecule has 0 bridgehead atoms. The summed E-state index contributed by atoms with van der Waals surface area (Å²) in [6.07, 6.45) is 0. The fourth-order valence-corrected chi connectivity index (χ4v) is 1.85. The average molecular weight is 201 g/mol. The minimum Gasteiger partial charge on any atom is -0.507 e. The second-order valence-electron chi connectivity index (χ2n) is 2.68. The minimum absolute atomic E-state index is 0.0880. The molecule has 1 rings (SSSR count). The van der Waals surface area contributed by atoms with Gasteiger partial charge in [-0.1, -0.05) is 6.07 Å². The van der Waals surface area contributed by atoms with Crippen LogP contribution in [0.25, 0.3) is 0 Å². The summed E-state index contributed by atoms with van der Waals surface area (Å²) < 4.78 is 24.7. The van der Waals surface area contributed by atoms with Gasteiger partial charge in [0.15, 0.2) is 0 Å².